The van der Waals surface area contributed by atoms with Gasteiger partial charge in [-0.2, -0.15) is 0 Å². The summed E-state index contributed by atoms with van der Waals surface area (Å²) in [6, 6.07) is 7.86. The van der Waals surface area contributed by atoms with Gasteiger partial charge in [-0.15, -0.1) is 11.8 Å². The third-order valence-electron chi connectivity index (χ3n) is 6.38. The Hall–Kier alpha value is -2.19. The summed E-state index contributed by atoms with van der Waals surface area (Å²) >= 11 is 1.65. The highest BCUT2D eigenvalue weighted by Gasteiger charge is 2.34. The molecule has 180 valence electrons. The number of nitrogens with zero attached hydrogens (tertiary/aromatic N) is 3. The summed E-state index contributed by atoms with van der Waals surface area (Å²) in [5, 5.41) is 12.1. The number of aliphatic imine (C=N–C) groups is 2. The number of carbonyl (C=O) groups excluding carboxylic acids is 2. The molecule has 1 aromatic rings. The van der Waals surface area contributed by atoms with E-state index in [9.17, 15) is 9.59 Å². The number of hydrogen-bond donors (Lipinski definition) is 2. The van der Waals surface area contributed by atoms with Gasteiger partial charge >= 0.3 is 0 Å². The zero-order valence-electron chi connectivity index (χ0n) is 19.9. The van der Waals surface area contributed by atoms with Crippen LogP contribution in [0.15, 0.2) is 34.3 Å². The number of piperidine rings is 1. The molecule has 8 heteroatoms. The molecular weight excluding hydrogens is 436 g/mol. The average Bonchev–Trinajstić information content (AvgIpc) is 3.29. The van der Waals surface area contributed by atoms with Crippen molar-refractivity contribution in [2.24, 2.45) is 21.8 Å². The minimum Gasteiger partial charge on any atom is -0.396 e. The fourth-order valence-corrected chi connectivity index (χ4v) is 5.65. The van der Waals surface area contributed by atoms with Crippen LogP contribution in [-0.2, 0) is 9.59 Å². The molecule has 0 aromatic heterocycles. The summed E-state index contributed by atoms with van der Waals surface area (Å²) in [4.78, 5) is 36.7. The second kappa shape index (κ2) is 12.3. The molecule has 3 rings (SSSR count). The van der Waals surface area contributed by atoms with E-state index in [2.05, 4.69) is 41.3 Å². The van der Waals surface area contributed by atoms with Crippen molar-refractivity contribution in [2.75, 3.05) is 32.5 Å². The Kier molecular flexibility index (Phi) is 9.50. The maximum absolute atomic E-state index is 13.1. The first kappa shape index (κ1) is 25.4. The minimum atomic E-state index is -0.358. The maximum Gasteiger partial charge on any atom is 0.266 e. The molecule has 7 nitrogen and oxygen atoms in total. The van der Waals surface area contributed by atoms with Gasteiger partial charge in [-0.25, -0.2) is 0 Å². The Bertz CT molecular complexity index is 888. The van der Waals surface area contributed by atoms with E-state index in [1.807, 2.05) is 17.0 Å². The van der Waals surface area contributed by atoms with Gasteiger partial charge in [0.25, 0.3) is 5.91 Å². The molecule has 0 radical (unpaired) electrons. The lowest BCUT2D eigenvalue weighted by atomic mass is 9.83. The van der Waals surface area contributed by atoms with Crippen LogP contribution in [-0.4, -0.2) is 72.3 Å². The van der Waals surface area contributed by atoms with Crippen molar-refractivity contribution < 1.29 is 14.7 Å². The molecule has 0 aliphatic carbocycles. The van der Waals surface area contributed by atoms with E-state index >= 15 is 0 Å². The summed E-state index contributed by atoms with van der Waals surface area (Å²) < 4.78 is 0. The number of amides is 2. The number of likely N-dealkylation sites (tertiary alicyclic amines) is 1. The largest absolute Gasteiger partial charge is 0.396 e. The van der Waals surface area contributed by atoms with Gasteiger partial charge in [0.2, 0.25) is 5.91 Å². The van der Waals surface area contributed by atoms with E-state index in [0.29, 0.717) is 24.6 Å². The third kappa shape index (κ3) is 6.90. The zero-order chi connectivity index (χ0) is 23.8. The quantitative estimate of drug-likeness (QED) is 0.512. The van der Waals surface area contributed by atoms with Gasteiger partial charge in [0.15, 0.2) is 0 Å². The van der Waals surface area contributed by atoms with Gasteiger partial charge in [-0.3, -0.25) is 19.6 Å². The molecule has 2 aliphatic rings. The van der Waals surface area contributed by atoms with Crippen molar-refractivity contribution >= 4 is 35.5 Å². The average molecular weight is 473 g/mol. The summed E-state index contributed by atoms with van der Waals surface area (Å²) in [6.45, 7) is 5.40. The summed E-state index contributed by atoms with van der Waals surface area (Å²) in [5.41, 5.74) is 2.81. The highest BCUT2D eigenvalue weighted by molar-refractivity contribution is 8.00. The van der Waals surface area contributed by atoms with Gasteiger partial charge < -0.3 is 15.3 Å². The Balaban J connectivity index is 1.61. The van der Waals surface area contributed by atoms with Gasteiger partial charge in [-0.1, -0.05) is 36.8 Å². The van der Waals surface area contributed by atoms with Crippen LogP contribution in [0.25, 0.3) is 0 Å². The molecule has 2 aliphatic heterocycles. The molecular formula is C25H36N4O3S. The van der Waals surface area contributed by atoms with Crippen molar-refractivity contribution in [1.29, 1.82) is 0 Å². The third-order valence-corrected chi connectivity index (χ3v) is 7.51. The number of thioether (sulfide) groups is 1. The van der Waals surface area contributed by atoms with Crippen LogP contribution in [0.4, 0.5) is 0 Å². The molecule has 0 spiro atoms. The first-order valence-corrected chi connectivity index (χ1v) is 12.9. The Morgan fingerprint density at radius 1 is 1.45 bits per heavy atom. The summed E-state index contributed by atoms with van der Waals surface area (Å²) in [6.07, 6.45) is 5.10. The number of carbonyl (C=O) groups is 2. The van der Waals surface area contributed by atoms with Gasteiger partial charge in [0.1, 0.15) is 11.1 Å². The molecule has 4 unspecified atom stereocenters. The van der Waals surface area contributed by atoms with E-state index in [1.165, 1.54) is 5.56 Å². The normalized spacial score (nSPS) is 23.0. The molecule has 2 amide bonds. The zero-order valence-corrected chi connectivity index (χ0v) is 20.7. The van der Waals surface area contributed by atoms with Crippen LogP contribution in [0.1, 0.15) is 49.1 Å². The highest BCUT2D eigenvalue weighted by atomic mass is 32.2. The Morgan fingerprint density at radius 2 is 2.27 bits per heavy atom. The number of aliphatic hydroxyl groups is 1. The Morgan fingerprint density at radius 3 is 3.00 bits per heavy atom. The van der Waals surface area contributed by atoms with Crippen molar-refractivity contribution in [3.05, 3.63) is 35.4 Å². The number of benzene rings is 1. The lowest BCUT2D eigenvalue weighted by Gasteiger charge is -2.36. The topological polar surface area (TPSA) is 94.4 Å². The first-order valence-electron chi connectivity index (χ1n) is 11.8. The molecule has 33 heavy (non-hydrogen) atoms. The molecule has 1 saturated heterocycles. The molecule has 2 heterocycles. The lowest BCUT2D eigenvalue weighted by Crippen LogP contribution is -2.52. The predicted molar refractivity (Wildman–Crippen MR) is 135 cm³/mol. The summed E-state index contributed by atoms with van der Waals surface area (Å²) in [5.74, 6) is 0.728. The van der Waals surface area contributed by atoms with Crippen LogP contribution in [0.5, 0.6) is 0 Å². The van der Waals surface area contributed by atoms with Gasteiger partial charge in [-0.05, 0) is 44.1 Å². The number of rotatable bonds is 10. The second-order valence-corrected chi connectivity index (χ2v) is 10.1. The van der Waals surface area contributed by atoms with Crippen LogP contribution in [0, 0.1) is 18.8 Å². The van der Waals surface area contributed by atoms with Crippen molar-refractivity contribution in [3.8, 4) is 0 Å². The highest BCUT2D eigenvalue weighted by Crippen LogP contribution is 2.35. The standard InChI is InChI=1S/C25H36N4O3S/c1-17-7-4-9-19(13-17)24-28-22(16-33-24)23(31)27-20(14-26-3)15-29-11-5-10-21(25(29)32)18(2)8-6-12-30/h4,7,9,13-14,18,20-21,24,30H,5-6,8,10-12,15-16H2,1-3H3,(H,27,31). The van der Waals surface area contributed by atoms with Crippen LogP contribution in [0.3, 0.4) is 0 Å². The number of aryl methyl sites for hydroxylation is 1. The molecule has 1 aromatic carbocycles. The van der Waals surface area contributed by atoms with E-state index in [4.69, 9.17) is 5.11 Å². The number of hydrogen-bond acceptors (Lipinski definition) is 6. The van der Waals surface area contributed by atoms with Crippen LogP contribution < -0.4 is 5.32 Å². The number of aliphatic hydroxyl groups excluding tert-OH is 1. The molecule has 1 fully saturated rings. The van der Waals surface area contributed by atoms with E-state index in [1.54, 1.807) is 25.0 Å². The fraction of sp³-hybridized carbons (Fsp3) is 0.600. The minimum absolute atomic E-state index is 0.0223. The smallest absolute Gasteiger partial charge is 0.266 e. The van der Waals surface area contributed by atoms with Crippen LogP contribution in [0.2, 0.25) is 0 Å². The van der Waals surface area contributed by atoms with Crippen molar-refractivity contribution in [2.45, 2.75) is 50.9 Å². The predicted octanol–water partition coefficient (Wildman–Crippen LogP) is 3.01. The molecule has 0 bridgehead atoms. The Labute approximate surface area is 201 Å². The second-order valence-electron chi connectivity index (χ2n) is 9.02. The fourth-order valence-electron chi connectivity index (χ4n) is 4.59. The summed E-state index contributed by atoms with van der Waals surface area (Å²) in [7, 11) is 1.67. The molecule has 2 N–H and O–H groups in total. The van der Waals surface area contributed by atoms with Crippen LogP contribution >= 0.6 is 11.8 Å². The molecule has 0 saturated carbocycles. The monoisotopic (exact) mass is 472 g/mol. The van der Waals surface area contributed by atoms with E-state index in [0.717, 1.165) is 31.2 Å². The van der Waals surface area contributed by atoms with Crippen molar-refractivity contribution in [1.82, 2.24) is 10.2 Å². The lowest BCUT2D eigenvalue weighted by molar-refractivity contribution is -0.140. The van der Waals surface area contributed by atoms with E-state index < -0.39 is 0 Å². The van der Waals surface area contributed by atoms with Crippen molar-refractivity contribution in [3.63, 3.8) is 0 Å². The van der Waals surface area contributed by atoms with Gasteiger partial charge in [0, 0.05) is 44.6 Å². The first-order chi connectivity index (χ1) is 15.9. The molecule has 4 atom stereocenters. The van der Waals surface area contributed by atoms with E-state index in [-0.39, 0.29) is 41.7 Å². The SMILES string of the molecule is CN=CC(CN1CCCC(C(C)CCCO)C1=O)NC(=O)C1=NC(c2cccc(C)c2)SC1. The maximum atomic E-state index is 13.1. The van der Waals surface area contributed by atoms with Gasteiger partial charge in [0.05, 0.1) is 6.04 Å². The number of nitrogens with one attached hydrogen (secondary N) is 1.